The van der Waals surface area contributed by atoms with Gasteiger partial charge >= 0.3 is 0 Å². The molecule has 0 aromatic heterocycles. The van der Waals surface area contributed by atoms with Crippen molar-refractivity contribution < 1.29 is 19.4 Å². The number of amides is 1. The summed E-state index contributed by atoms with van der Waals surface area (Å²) in [7, 11) is 3.08. The lowest BCUT2D eigenvalue weighted by Gasteiger charge is -2.04. The van der Waals surface area contributed by atoms with Crippen molar-refractivity contribution in [3.05, 3.63) is 53.6 Å². The molecular weight excluding hydrogens is 284 g/mol. The number of rotatable bonds is 5. The lowest BCUT2D eigenvalue weighted by Crippen LogP contribution is -2.17. The second-order valence-corrected chi connectivity index (χ2v) is 4.35. The average Bonchev–Trinajstić information content (AvgIpc) is 2.56. The summed E-state index contributed by atoms with van der Waals surface area (Å²) < 4.78 is 10.1. The summed E-state index contributed by atoms with van der Waals surface area (Å²) in [6.45, 7) is 0. The standard InChI is InChI=1S/C16H16N2O4/c1-21-13-5-3-11(4-6-13)16(20)18-17-10-12-9-14(22-2)7-8-15(12)19/h3-10,19H,1-2H3,(H,18,20). The minimum atomic E-state index is -0.360. The summed E-state index contributed by atoms with van der Waals surface area (Å²) in [4.78, 5) is 11.9. The molecule has 1 amide bonds. The van der Waals surface area contributed by atoms with Crippen LogP contribution in [0, 0.1) is 0 Å². The fraction of sp³-hybridized carbons (Fsp3) is 0.125. The second kappa shape index (κ2) is 7.12. The highest BCUT2D eigenvalue weighted by Crippen LogP contribution is 2.21. The maximum absolute atomic E-state index is 11.9. The third-order valence-electron chi connectivity index (χ3n) is 2.96. The summed E-state index contributed by atoms with van der Waals surface area (Å²) >= 11 is 0. The van der Waals surface area contributed by atoms with Gasteiger partial charge in [0.25, 0.3) is 5.91 Å². The van der Waals surface area contributed by atoms with Gasteiger partial charge in [-0.1, -0.05) is 0 Å². The maximum atomic E-state index is 11.9. The molecule has 2 aromatic carbocycles. The maximum Gasteiger partial charge on any atom is 0.271 e. The van der Waals surface area contributed by atoms with Crippen LogP contribution in [0.25, 0.3) is 0 Å². The molecule has 0 atom stereocenters. The van der Waals surface area contributed by atoms with Crippen LogP contribution in [-0.4, -0.2) is 31.4 Å². The van der Waals surface area contributed by atoms with Crippen LogP contribution in [0.15, 0.2) is 47.6 Å². The lowest BCUT2D eigenvalue weighted by molar-refractivity contribution is 0.0955. The lowest BCUT2D eigenvalue weighted by atomic mass is 10.2. The fourth-order valence-corrected chi connectivity index (χ4v) is 1.73. The number of phenols is 1. The van der Waals surface area contributed by atoms with E-state index in [0.717, 1.165) is 0 Å². The van der Waals surface area contributed by atoms with Crippen LogP contribution in [0.1, 0.15) is 15.9 Å². The molecule has 2 N–H and O–H groups in total. The molecule has 2 aromatic rings. The van der Waals surface area contributed by atoms with Gasteiger partial charge in [-0.05, 0) is 42.5 Å². The zero-order valence-corrected chi connectivity index (χ0v) is 12.2. The summed E-state index contributed by atoms with van der Waals surface area (Å²) in [6, 6.07) is 11.4. The van der Waals surface area contributed by atoms with Crippen LogP contribution in [0.3, 0.4) is 0 Å². The number of ether oxygens (including phenoxy) is 2. The smallest absolute Gasteiger partial charge is 0.271 e. The van der Waals surface area contributed by atoms with Crippen molar-refractivity contribution in [2.24, 2.45) is 5.10 Å². The Morgan fingerprint density at radius 2 is 1.73 bits per heavy atom. The first-order chi connectivity index (χ1) is 10.6. The average molecular weight is 300 g/mol. The predicted molar refractivity (Wildman–Crippen MR) is 82.7 cm³/mol. The monoisotopic (exact) mass is 300 g/mol. The van der Waals surface area contributed by atoms with E-state index in [1.165, 1.54) is 19.4 Å². The number of methoxy groups -OCH3 is 2. The van der Waals surface area contributed by atoms with Gasteiger partial charge in [0.1, 0.15) is 17.2 Å². The number of carbonyl (C=O) groups is 1. The van der Waals surface area contributed by atoms with Gasteiger partial charge in [-0.25, -0.2) is 5.43 Å². The van der Waals surface area contributed by atoms with Crippen LogP contribution in [0.2, 0.25) is 0 Å². The number of nitrogens with one attached hydrogen (secondary N) is 1. The second-order valence-electron chi connectivity index (χ2n) is 4.35. The fourth-order valence-electron chi connectivity index (χ4n) is 1.73. The quantitative estimate of drug-likeness (QED) is 0.655. The first-order valence-corrected chi connectivity index (χ1v) is 6.48. The molecule has 0 aliphatic carbocycles. The molecule has 0 aliphatic rings. The largest absolute Gasteiger partial charge is 0.507 e. The molecule has 0 saturated carbocycles. The van der Waals surface area contributed by atoms with Crippen molar-refractivity contribution in [1.82, 2.24) is 5.43 Å². The Morgan fingerprint density at radius 1 is 1.09 bits per heavy atom. The minimum Gasteiger partial charge on any atom is -0.507 e. The van der Waals surface area contributed by atoms with Crippen LogP contribution in [0.4, 0.5) is 0 Å². The number of benzene rings is 2. The number of hydrazone groups is 1. The molecule has 0 fully saturated rings. The van der Waals surface area contributed by atoms with Crippen LogP contribution in [0.5, 0.6) is 17.2 Å². The highest BCUT2D eigenvalue weighted by Gasteiger charge is 2.04. The van der Waals surface area contributed by atoms with Crippen LogP contribution < -0.4 is 14.9 Å². The van der Waals surface area contributed by atoms with Crippen molar-refractivity contribution in [3.63, 3.8) is 0 Å². The van der Waals surface area contributed by atoms with Gasteiger partial charge in [-0.3, -0.25) is 4.79 Å². The number of carbonyl (C=O) groups excluding carboxylic acids is 1. The van der Waals surface area contributed by atoms with E-state index in [9.17, 15) is 9.90 Å². The first kappa shape index (κ1) is 15.4. The number of aromatic hydroxyl groups is 1. The van der Waals surface area contributed by atoms with E-state index in [4.69, 9.17) is 9.47 Å². The van der Waals surface area contributed by atoms with Crippen molar-refractivity contribution in [2.75, 3.05) is 14.2 Å². The molecule has 22 heavy (non-hydrogen) atoms. The minimum absolute atomic E-state index is 0.0447. The van der Waals surface area contributed by atoms with Gasteiger partial charge < -0.3 is 14.6 Å². The summed E-state index contributed by atoms with van der Waals surface area (Å²) in [5.41, 5.74) is 3.28. The molecule has 0 radical (unpaired) electrons. The molecule has 0 saturated heterocycles. The van der Waals surface area contributed by atoms with Gasteiger partial charge in [0.15, 0.2) is 0 Å². The van der Waals surface area contributed by atoms with E-state index in [0.29, 0.717) is 22.6 Å². The molecule has 6 heteroatoms. The molecule has 0 spiro atoms. The number of hydrogen-bond donors (Lipinski definition) is 2. The third kappa shape index (κ3) is 3.76. The Hall–Kier alpha value is -3.02. The summed E-state index contributed by atoms with van der Waals surface area (Å²) in [6.07, 6.45) is 1.35. The Bertz CT molecular complexity index is 681. The summed E-state index contributed by atoms with van der Waals surface area (Å²) in [5.74, 6) is 0.937. The van der Waals surface area contributed by atoms with E-state index in [1.807, 2.05) is 0 Å². The van der Waals surface area contributed by atoms with E-state index in [2.05, 4.69) is 10.5 Å². The number of phenolic OH excluding ortho intramolecular Hbond substituents is 1. The molecule has 0 aliphatic heterocycles. The molecule has 0 unspecified atom stereocenters. The Morgan fingerprint density at radius 3 is 2.36 bits per heavy atom. The highest BCUT2D eigenvalue weighted by atomic mass is 16.5. The van der Waals surface area contributed by atoms with Crippen molar-refractivity contribution >= 4 is 12.1 Å². The topological polar surface area (TPSA) is 80.2 Å². The highest BCUT2D eigenvalue weighted by molar-refractivity contribution is 5.95. The van der Waals surface area contributed by atoms with Gasteiger partial charge in [-0.2, -0.15) is 5.10 Å². The Kier molecular flexibility index (Phi) is 4.98. The number of nitrogens with zero attached hydrogens (tertiary/aromatic N) is 1. The Balaban J connectivity index is 2.03. The van der Waals surface area contributed by atoms with Crippen LogP contribution >= 0.6 is 0 Å². The first-order valence-electron chi connectivity index (χ1n) is 6.48. The van der Waals surface area contributed by atoms with Crippen LogP contribution in [-0.2, 0) is 0 Å². The van der Waals surface area contributed by atoms with Crippen molar-refractivity contribution in [1.29, 1.82) is 0 Å². The molecular formula is C16H16N2O4. The number of hydrogen-bond acceptors (Lipinski definition) is 5. The zero-order chi connectivity index (χ0) is 15.9. The van der Waals surface area contributed by atoms with E-state index < -0.39 is 0 Å². The predicted octanol–water partition coefficient (Wildman–Crippen LogP) is 2.17. The third-order valence-corrected chi connectivity index (χ3v) is 2.96. The van der Waals surface area contributed by atoms with Gasteiger partial charge in [0, 0.05) is 11.1 Å². The van der Waals surface area contributed by atoms with Crippen molar-refractivity contribution in [3.8, 4) is 17.2 Å². The van der Waals surface area contributed by atoms with Gasteiger partial charge in [-0.15, -0.1) is 0 Å². The van der Waals surface area contributed by atoms with E-state index in [1.54, 1.807) is 43.5 Å². The Labute approximate surface area is 128 Å². The molecule has 0 bridgehead atoms. The normalized spacial score (nSPS) is 10.5. The molecule has 114 valence electrons. The van der Waals surface area contributed by atoms with E-state index in [-0.39, 0.29) is 11.7 Å². The van der Waals surface area contributed by atoms with Gasteiger partial charge in [0.2, 0.25) is 0 Å². The zero-order valence-electron chi connectivity index (χ0n) is 12.2. The summed E-state index contributed by atoms with van der Waals surface area (Å²) in [5, 5.41) is 13.5. The van der Waals surface area contributed by atoms with E-state index >= 15 is 0 Å². The van der Waals surface area contributed by atoms with Crippen molar-refractivity contribution in [2.45, 2.75) is 0 Å². The SMILES string of the molecule is COc1ccc(C(=O)NN=Cc2cc(OC)ccc2O)cc1. The molecule has 6 nitrogen and oxygen atoms in total. The van der Waals surface area contributed by atoms with Gasteiger partial charge in [0.05, 0.1) is 20.4 Å². The molecule has 2 rings (SSSR count). The molecule has 0 heterocycles.